The summed E-state index contributed by atoms with van der Waals surface area (Å²) in [6.07, 6.45) is 0.356. The highest BCUT2D eigenvalue weighted by atomic mass is 16.5. The van der Waals surface area contributed by atoms with E-state index >= 15 is 0 Å². The zero-order chi connectivity index (χ0) is 10.1. The molecule has 1 saturated heterocycles. The summed E-state index contributed by atoms with van der Waals surface area (Å²) in [5.74, 6) is 1.59. The molecule has 14 heavy (non-hydrogen) atoms. The van der Waals surface area contributed by atoms with Crippen LogP contribution in [0.1, 0.15) is 43.9 Å². The van der Waals surface area contributed by atoms with Crippen LogP contribution in [0.2, 0.25) is 0 Å². The first-order valence-electron chi connectivity index (χ1n) is 4.91. The Morgan fingerprint density at radius 2 is 2.36 bits per heavy atom. The van der Waals surface area contributed by atoms with Crippen molar-refractivity contribution in [1.29, 1.82) is 0 Å². The van der Waals surface area contributed by atoms with Gasteiger partial charge >= 0.3 is 0 Å². The Morgan fingerprint density at radius 1 is 1.57 bits per heavy atom. The normalized spacial score (nSPS) is 27.4. The molecule has 1 aliphatic rings. The summed E-state index contributed by atoms with van der Waals surface area (Å²) in [5, 5.41) is 16.3. The summed E-state index contributed by atoms with van der Waals surface area (Å²) >= 11 is 0. The van der Waals surface area contributed by atoms with Crippen LogP contribution in [0.4, 0.5) is 0 Å². The molecule has 0 spiro atoms. The number of aromatic nitrogens is 2. The molecule has 1 fully saturated rings. The van der Waals surface area contributed by atoms with Crippen molar-refractivity contribution in [1.82, 2.24) is 15.5 Å². The smallest absolute Gasteiger partial charge is 0.243 e. The molecule has 0 radical (unpaired) electrons. The molecular weight excluding hydrogens is 182 g/mol. The molecule has 5 heteroatoms. The third-order valence-corrected chi connectivity index (χ3v) is 2.38. The van der Waals surface area contributed by atoms with E-state index in [9.17, 15) is 5.11 Å². The van der Waals surface area contributed by atoms with Crippen LogP contribution in [0.25, 0.3) is 0 Å². The van der Waals surface area contributed by atoms with Gasteiger partial charge in [-0.05, 0) is 6.42 Å². The fraction of sp³-hybridized carbons (Fsp3) is 0.778. The Labute approximate surface area is 82.5 Å². The lowest BCUT2D eigenvalue weighted by Gasteiger charge is -2.01. The maximum atomic E-state index is 9.32. The molecule has 5 nitrogen and oxygen atoms in total. The average Bonchev–Trinajstić information content (AvgIpc) is 2.70. The molecule has 2 rings (SSSR count). The van der Waals surface area contributed by atoms with Crippen LogP contribution in [0.5, 0.6) is 0 Å². The van der Waals surface area contributed by atoms with Gasteiger partial charge in [-0.2, -0.15) is 4.98 Å². The minimum absolute atomic E-state index is 0.0185. The maximum absolute atomic E-state index is 9.32. The minimum atomic E-state index is -0.297. The van der Waals surface area contributed by atoms with E-state index < -0.39 is 0 Å². The van der Waals surface area contributed by atoms with Crippen LogP contribution in [0.15, 0.2) is 4.52 Å². The SMILES string of the molecule is CC(C)c1noc(C2CC(O)CN2)n1. The van der Waals surface area contributed by atoms with Gasteiger partial charge in [0.2, 0.25) is 5.89 Å². The van der Waals surface area contributed by atoms with Gasteiger partial charge in [0.1, 0.15) is 0 Å². The van der Waals surface area contributed by atoms with Crippen molar-refractivity contribution in [3.8, 4) is 0 Å². The Hall–Kier alpha value is -0.940. The third-order valence-electron chi connectivity index (χ3n) is 2.38. The van der Waals surface area contributed by atoms with Crippen LogP contribution in [0, 0.1) is 0 Å². The highest BCUT2D eigenvalue weighted by molar-refractivity contribution is 4.99. The summed E-state index contributed by atoms with van der Waals surface area (Å²) in [6, 6.07) is 0.0185. The molecule has 0 saturated carbocycles. The van der Waals surface area contributed by atoms with Crippen LogP contribution in [0.3, 0.4) is 0 Å². The van der Waals surface area contributed by atoms with Crippen molar-refractivity contribution in [2.24, 2.45) is 0 Å². The Bertz CT molecular complexity index is 311. The Morgan fingerprint density at radius 3 is 2.86 bits per heavy atom. The number of β-amino-alcohol motifs (C(OH)–C–C–N with tert-alkyl or cyclic N) is 1. The van der Waals surface area contributed by atoms with Crippen LogP contribution >= 0.6 is 0 Å². The fourth-order valence-corrected chi connectivity index (χ4v) is 1.53. The first kappa shape index (κ1) is 9.61. The van der Waals surface area contributed by atoms with Gasteiger partial charge in [0.15, 0.2) is 5.82 Å². The summed E-state index contributed by atoms with van der Waals surface area (Å²) < 4.78 is 5.12. The predicted octanol–water partition coefficient (Wildman–Crippen LogP) is 0.588. The molecule has 2 unspecified atom stereocenters. The second kappa shape index (κ2) is 3.67. The van der Waals surface area contributed by atoms with Crippen molar-refractivity contribution in [3.05, 3.63) is 11.7 Å². The fourth-order valence-electron chi connectivity index (χ4n) is 1.53. The highest BCUT2D eigenvalue weighted by Crippen LogP contribution is 2.22. The van der Waals surface area contributed by atoms with Crippen molar-refractivity contribution in [2.45, 2.75) is 38.3 Å². The first-order valence-corrected chi connectivity index (χ1v) is 4.91. The quantitative estimate of drug-likeness (QED) is 0.726. The van der Waals surface area contributed by atoms with Crippen LogP contribution < -0.4 is 5.32 Å². The summed E-state index contributed by atoms with van der Waals surface area (Å²) in [6.45, 7) is 4.64. The molecule has 2 N–H and O–H groups in total. The standard InChI is InChI=1S/C9H15N3O2/c1-5(2)8-11-9(14-12-8)7-3-6(13)4-10-7/h5-7,10,13H,3-4H2,1-2H3. The number of hydrogen-bond acceptors (Lipinski definition) is 5. The number of aliphatic hydroxyl groups excluding tert-OH is 1. The topological polar surface area (TPSA) is 71.2 Å². The lowest BCUT2D eigenvalue weighted by atomic mass is 10.2. The minimum Gasteiger partial charge on any atom is -0.392 e. The monoisotopic (exact) mass is 197 g/mol. The molecule has 2 atom stereocenters. The molecule has 78 valence electrons. The molecule has 0 bridgehead atoms. The number of hydrogen-bond donors (Lipinski definition) is 2. The largest absolute Gasteiger partial charge is 0.392 e. The maximum Gasteiger partial charge on any atom is 0.243 e. The van der Waals surface area contributed by atoms with Gasteiger partial charge in [-0.15, -0.1) is 0 Å². The van der Waals surface area contributed by atoms with E-state index in [1.165, 1.54) is 0 Å². The van der Waals surface area contributed by atoms with E-state index in [0.717, 1.165) is 5.82 Å². The molecular formula is C9H15N3O2. The van der Waals surface area contributed by atoms with Gasteiger partial charge in [0, 0.05) is 12.5 Å². The van der Waals surface area contributed by atoms with E-state index in [0.29, 0.717) is 18.9 Å². The van der Waals surface area contributed by atoms with Gasteiger partial charge in [-0.1, -0.05) is 19.0 Å². The molecule has 1 aromatic heterocycles. The van der Waals surface area contributed by atoms with Gasteiger partial charge in [0.05, 0.1) is 12.1 Å². The van der Waals surface area contributed by atoms with E-state index in [1.54, 1.807) is 0 Å². The number of aliphatic hydroxyl groups is 1. The summed E-state index contributed by atoms with van der Waals surface area (Å²) in [4.78, 5) is 4.27. The number of nitrogens with one attached hydrogen (secondary N) is 1. The average molecular weight is 197 g/mol. The number of nitrogens with zero attached hydrogens (tertiary/aromatic N) is 2. The molecule has 0 amide bonds. The summed E-state index contributed by atoms with van der Waals surface area (Å²) in [5.41, 5.74) is 0. The third kappa shape index (κ3) is 1.78. The molecule has 0 aliphatic carbocycles. The Balaban J connectivity index is 2.09. The van der Waals surface area contributed by atoms with Crippen molar-refractivity contribution < 1.29 is 9.63 Å². The first-order chi connectivity index (χ1) is 6.66. The van der Waals surface area contributed by atoms with E-state index in [1.807, 2.05) is 13.8 Å². The molecule has 0 aromatic carbocycles. The lowest BCUT2D eigenvalue weighted by Crippen LogP contribution is -2.15. The number of rotatable bonds is 2. The van der Waals surface area contributed by atoms with Crippen LogP contribution in [-0.4, -0.2) is 27.9 Å². The second-order valence-electron chi connectivity index (χ2n) is 4.00. The van der Waals surface area contributed by atoms with Gasteiger partial charge < -0.3 is 14.9 Å². The van der Waals surface area contributed by atoms with Crippen LogP contribution in [-0.2, 0) is 0 Å². The van der Waals surface area contributed by atoms with Crippen molar-refractivity contribution in [2.75, 3.05) is 6.54 Å². The second-order valence-corrected chi connectivity index (χ2v) is 4.00. The van der Waals surface area contributed by atoms with E-state index in [4.69, 9.17) is 4.52 Å². The molecule has 1 aromatic rings. The van der Waals surface area contributed by atoms with Crippen molar-refractivity contribution >= 4 is 0 Å². The molecule has 2 heterocycles. The van der Waals surface area contributed by atoms with Gasteiger partial charge in [-0.3, -0.25) is 0 Å². The lowest BCUT2D eigenvalue weighted by molar-refractivity contribution is 0.191. The van der Waals surface area contributed by atoms with Gasteiger partial charge in [0.25, 0.3) is 0 Å². The van der Waals surface area contributed by atoms with E-state index in [2.05, 4.69) is 15.5 Å². The van der Waals surface area contributed by atoms with Gasteiger partial charge in [-0.25, -0.2) is 0 Å². The Kier molecular flexibility index (Phi) is 2.52. The van der Waals surface area contributed by atoms with E-state index in [-0.39, 0.29) is 18.1 Å². The zero-order valence-corrected chi connectivity index (χ0v) is 8.40. The molecule has 1 aliphatic heterocycles. The zero-order valence-electron chi connectivity index (χ0n) is 8.40. The van der Waals surface area contributed by atoms with Crippen molar-refractivity contribution in [3.63, 3.8) is 0 Å². The highest BCUT2D eigenvalue weighted by Gasteiger charge is 2.28. The predicted molar refractivity (Wildman–Crippen MR) is 49.8 cm³/mol. The summed E-state index contributed by atoms with van der Waals surface area (Å²) in [7, 11) is 0.